The second-order valence-corrected chi connectivity index (χ2v) is 9.35. The molecule has 3 aromatic heterocycles. The number of anilines is 1. The third-order valence-corrected chi connectivity index (χ3v) is 6.76. The van der Waals surface area contributed by atoms with E-state index in [0.29, 0.717) is 44.0 Å². The molecule has 0 bridgehead atoms. The second kappa shape index (κ2) is 11.0. The van der Waals surface area contributed by atoms with E-state index in [1.807, 2.05) is 0 Å². The Bertz CT molecular complexity index is 1810. The lowest BCUT2D eigenvalue weighted by Crippen LogP contribution is -2.16. The van der Waals surface area contributed by atoms with Crippen molar-refractivity contribution in [2.24, 2.45) is 0 Å². The number of esters is 1. The SMILES string of the molecule is COC(=O)c1ccccc1Cn1nc(C)c(NC(=O)c2cnn3c(C(F)(F)F)cc(-c4ccc(OC)cc4)nc23)c1C. The average Bonchev–Trinajstić information content (AvgIpc) is 3.52. The molecule has 1 amide bonds. The molecule has 0 saturated carbocycles. The number of amides is 1. The van der Waals surface area contributed by atoms with Gasteiger partial charge in [-0.1, -0.05) is 18.2 Å². The second-order valence-electron chi connectivity index (χ2n) is 9.35. The zero-order valence-corrected chi connectivity index (χ0v) is 23.0. The number of nitrogens with zero attached hydrogens (tertiary/aromatic N) is 5. The van der Waals surface area contributed by atoms with Gasteiger partial charge in [0.15, 0.2) is 11.3 Å². The molecule has 0 spiro atoms. The highest BCUT2D eigenvalue weighted by molar-refractivity contribution is 6.08. The van der Waals surface area contributed by atoms with Crippen molar-refractivity contribution in [2.45, 2.75) is 26.6 Å². The van der Waals surface area contributed by atoms with Crippen molar-refractivity contribution in [2.75, 3.05) is 19.5 Å². The van der Waals surface area contributed by atoms with E-state index in [-0.39, 0.29) is 23.4 Å². The number of halogens is 3. The Morgan fingerprint density at radius 3 is 2.38 bits per heavy atom. The molecule has 2 aromatic carbocycles. The zero-order chi connectivity index (χ0) is 30.2. The van der Waals surface area contributed by atoms with Crippen molar-refractivity contribution in [3.63, 3.8) is 0 Å². The summed E-state index contributed by atoms with van der Waals surface area (Å²) in [4.78, 5) is 30.0. The van der Waals surface area contributed by atoms with Gasteiger partial charge in [-0.05, 0) is 55.8 Å². The normalized spacial score (nSPS) is 11.5. The van der Waals surface area contributed by atoms with E-state index in [2.05, 4.69) is 20.5 Å². The molecule has 0 atom stereocenters. The van der Waals surface area contributed by atoms with Crippen LogP contribution in [-0.2, 0) is 17.5 Å². The number of alkyl halides is 3. The van der Waals surface area contributed by atoms with Gasteiger partial charge < -0.3 is 14.8 Å². The maximum absolute atomic E-state index is 14.0. The van der Waals surface area contributed by atoms with E-state index in [4.69, 9.17) is 9.47 Å². The number of fused-ring (bicyclic) bond motifs is 1. The average molecular weight is 579 g/mol. The molecule has 0 aliphatic rings. The summed E-state index contributed by atoms with van der Waals surface area (Å²) in [7, 11) is 2.77. The van der Waals surface area contributed by atoms with Crippen molar-refractivity contribution in [3.05, 3.63) is 94.6 Å². The number of aryl methyl sites for hydroxylation is 1. The maximum atomic E-state index is 14.0. The summed E-state index contributed by atoms with van der Waals surface area (Å²) in [6, 6.07) is 14.2. The first-order chi connectivity index (χ1) is 20.0. The van der Waals surface area contributed by atoms with Crippen LogP contribution < -0.4 is 10.1 Å². The summed E-state index contributed by atoms with van der Waals surface area (Å²) in [5, 5.41) is 11.1. The van der Waals surface area contributed by atoms with Crippen molar-refractivity contribution < 1.29 is 32.2 Å². The van der Waals surface area contributed by atoms with Crippen molar-refractivity contribution in [1.82, 2.24) is 24.4 Å². The summed E-state index contributed by atoms with van der Waals surface area (Å²) >= 11 is 0. The lowest BCUT2D eigenvalue weighted by atomic mass is 10.1. The third kappa shape index (κ3) is 5.28. The lowest BCUT2D eigenvalue weighted by Gasteiger charge is -2.12. The molecule has 1 N–H and O–H groups in total. The van der Waals surface area contributed by atoms with Gasteiger partial charge in [-0.15, -0.1) is 0 Å². The number of ether oxygens (including phenoxy) is 2. The molecule has 5 aromatic rings. The van der Waals surface area contributed by atoms with E-state index < -0.39 is 23.7 Å². The Hall–Kier alpha value is -5.20. The Labute approximate surface area is 237 Å². The van der Waals surface area contributed by atoms with Crippen LogP contribution in [0.3, 0.4) is 0 Å². The lowest BCUT2D eigenvalue weighted by molar-refractivity contribution is -0.142. The minimum Gasteiger partial charge on any atom is -0.497 e. The van der Waals surface area contributed by atoms with Gasteiger partial charge in [-0.2, -0.15) is 23.4 Å². The Morgan fingerprint density at radius 2 is 1.71 bits per heavy atom. The van der Waals surface area contributed by atoms with Crippen LogP contribution in [0.25, 0.3) is 16.9 Å². The molecular formula is C29H25F3N6O4. The Morgan fingerprint density at radius 1 is 1.00 bits per heavy atom. The number of carbonyl (C=O) groups excluding carboxylic acids is 2. The first-order valence-electron chi connectivity index (χ1n) is 12.6. The number of benzene rings is 2. The summed E-state index contributed by atoms with van der Waals surface area (Å²) < 4.78 is 54.3. The zero-order valence-electron chi connectivity index (χ0n) is 23.0. The van der Waals surface area contributed by atoms with Gasteiger partial charge in [0.1, 0.15) is 11.3 Å². The van der Waals surface area contributed by atoms with E-state index in [9.17, 15) is 22.8 Å². The van der Waals surface area contributed by atoms with Crippen molar-refractivity contribution in [3.8, 4) is 17.0 Å². The highest BCUT2D eigenvalue weighted by atomic mass is 19.4. The molecular weight excluding hydrogens is 553 g/mol. The van der Waals surface area contributed by atoms with E-state index in [1.165, 1.54) is 14.2 Å². The maximum Gasteiger partial charge on any atom is 0.433 e. The standard InChI is InChI=1S/C29H25F3N6O4/c1-16-25(17(2)37(36-16)15-19-7-5-6-8-21(19)28(40)42-4)35-27(39)22-14-33-38-24(29(30,31)32)13-23(34-26(22)38)18-9-11-20(41-3)12-10-18/h5-14H,15H2,1-4H3,(H,35,39). The third-order valence-electron chi connectivity index (χ3n) is 6.76. The molecule has 0 aliphatic heterocycles. The first kappa shape index (κ1) is 28.3. The minimum atomic E-state index is -4.77. The fourth-order valence-electron chi connectivity index (χ4n) is 4.58. The molecule has 0 saturated heterocycles. The number of hydrogen-bond donors (Lipinski definition) is 1. The van der Waals surface area contributed by atoms with Crippen LogP contribution in [0.5, 0.6) is 5.75 Å². The van der Waals surface area contributed by atoms with Crippen LogP contribution in [0.2, 0.25) is 0 Å². The summed E-state index contributed by atoms with van der Waals surface area (Å²) in [6.07, 6.45) is -3.72. The molecule has 0 aliphatic carbocycles. The molecule has 13 heteroatoms. The smallest absolute Gasteiger partial charge is 0.433 e. The number of aromatic nitrogens is 5. The number of methoxy groups -OCH3 is 2. The molecule has 10 nitrogen and oxygen atoms in total. The molecule has 3 heterocycles. The van der Waals surface area contributed by atoms with Crippen LogP contribution in [0.15, 0.2) is 60.8 Å². The van der Waals surface area contributed by atoms with E-state index in [0.717, 1.165) is 12.3 Å². The summed E-state index contributed by atoms with van der Waals surface area (Å²) in [5.41, 5.74) is 1.36. The van der Waals surface area contributed by atoms with E-state index >= 15 is 0 Å². The molecule has 0 radical (unpaired) electrons. The minimum absolute atomic E-state index is 0.0106. The summed E-state index contributed by atoms with van der Waals surface area (Å²) in [6.45, 7) is 3.63. The van der Waals surface area contributed by atoms with Gasteiger partial charge in [0, 0.05) is 5.56 Å². The summed E-state index contributed by atoms with van der Waals surface area (Å²) in [5.74, 6) is -0.674. The Balaban J connectivity index is 1.50. The van der Waals surface area contributed by atoms with Crippen LogP contribution in [-0.4, -0.2) is 50.5 Å². The van der Waals surface area contributed by atoms with Crippen LogP contribution in [0.4, 0.5) is 18.9 Å². The largest absolute Gasteiger partial charge is 0.497 e. The Kier molecular flexibility index (Phi) is 7.42. The fourth-order valence-corrected chi connectivity index (χ4v) is 4.58. The molecule has 5 rings (SSSR count). The van der Waals surface area contributed by atoms with Crippen LogP contribution in [0, 0.1) is 13.8 Å². The van der Waals surface area contributed by atoms with Crippen LogP contribution >= 0.6 is 0 Å². The van der Waals surface area contributed by atoms with Gasteiger partial charge in [0.2, 0.25) is 0 Å². The van der Waals surface area contributed by atoms with Crippen LogP contribution in [0.1, 0.15) is 43.4 Å². The number of carbonyl (C=O) groups is 2. The topological polar surface area (TPSA) is 113 Å². The van der Waals surface area contributed by atoms with Gasteiger partial charge in [-0.3, -0.25) is 9.48 Å². The molecule has 42 heavy (non-hydrogen) atoms. The first-order valence-corrected chi connectivity index (χ1v) is 12.6. The highest BCUT2D eigenvalue weighted by Gasteiger charge is 2.36. The molecule has 0 fully saturated rings. The fraction of sp³-hybridized carbons (Fsp3) is 0.207. The number of nitrogens with one attached hydrogen (secondary N) is 1. The highest BCUT2D eigenvalue weighted by Crippen LogP contribution is 2.33. The van der Waals surface area contributed by atoms with E-state index in [1.54, 1.807) is 67.1 Å². The van der Waals surface area contributed by atoms with Gasteiger partial charge in [-0.25, -0.2) is 14.3 Å². The van der Waals surface area contributed by atoms with Gasteiger partial charge in [0.05, 0.1) is 55.3 Å². The monoisotopic (exact) mass is 578 g/mol. The number of rotatable bonds is 7. The predicted octanol–water partition coefficient (Wildman–Crippen LogP) is 5.32. The van der Waals surface area contributed by atoms with Gasteiger partial charge >= 0.3 is 12.1 Å². The molecule has 0 unspecified atom stereocenters. The predicted molar refractivity (Wildman–Crippen MR) is 147 cm³/mol. The molecule has 216 valence electrons. The van der Waals surface area contributed by atoms with Crippen molar-refractivity contribution in [1.29, 1.82) is 0 Å². The number of hydrogen-bond acceptors (Lipinski definition) is 7. The van der Waals surface area contributed by atoms with Crippen molar-refractivity contribution >= 4 is 23.2 Å². The quantitative estimate of drug-likeness (QED) is 0.260. The van der Waals surface area contributed by atoms with Gasteiger partial charge in [0.25, 0.3) is 5.91 Å².